The summed E-state index contributed by atoms with van der Waals surface area (Å²) in [7, 11) is 0. The van der Waals surface area contributed by atoms with Crippen LogP contribution in [0.15, 0.2) is 24.3 Å². The number of hydrogen-bond donors (Lipinski definition) is 3. The van der Waals surface area contributed by atoms with Gasteiger partial charge in [-0.1, -0.05) is 48.9 Å². The largest absolute Gasteiger partial charge is 0.465 e. The van der Waals surface area contributed by atoms with Crippen molar-refractivity contribution in [1.29, 1.82) is 0 Å². The van der Waals surface area contributed by atoms with E-state index in [1.54, 1.807) is 20.8 Å². The van der Waals surface area contributed by atoms with Crippen LogP contribution in [0.5, 0.6) is 0 Å². The van der Waals surface area contributed by atoms with Crippen LogP contribution in [0.2, 0.25) is 0 Å². The van der Waals surface area contributed by atoms with Gasteiger partial charge >= 0.3 is 12.0 Å². The highest BCUT2D eigenvalue weighted by Crippen LogP contribution is 2.27. The summed E-state index contributed by atoms with van der Waals surface area (Å²) < 4.78 is 4.74. The third-order valence-corrected chi connectivity index (χ3v) is 4.74. The number of anilines is 1. The number of amides is 3. The van der Waals surface area contributed by atoms with E-state index in [0.717, 1.165) is 11.1 Å². The molecule has 0 radical (unpaired) electrons. The maximum atomic E-state index is 12.6. The molecule has 1 unspecified atom stereocenters. The van der Waals surface area contributed by atoms with Crippen molar-refractivity contribution < 1.29 is 19.1 Å². The maximum Gasteiger partial charge on any atom is 0.325 e. The van der Waals surface area contributed by atoms with Crippen molar-refractivity contribution in [3.63, 3.8) is 0 Å². The van der Waals surface area contributed by atoms with Gasteiger partial charge in [0.05, 0.1) is 6.61 Å². The van der Waals surface area contributed by atoms with E-state index in [4.69, 9.17) is 4.74 Å². The molecule has 0 aliphatic carbocycles. The minimum atomic E-state index is -0.816. The molecule has 0 saturated carbocycles. The molecule has 29 heavy (non-hydrogen) atoms. The van der Waals surface area contributed by atoms with Gasteiger partial charge in [0.2, 0.25) is 11.0 Å². The Morgan fingerprint density at radius 3 is 2.62 bits per heavy atom. The van der Waals surface area contributed by atoms with E-state index in [1.165, 1.54) is 11.3 Å². The Morgan fingerprint density at radius 2 is 1.97 bits per heavy atom. The quantitative estimate of drug-likeness (QED) is 0.565. The van der Waals surface area contributed by atoms with Gasteiger partial charge in [-0.15, -0.1) is 10.2 Å². The zero-order chi connectivity index (χ0) is 21.4. The predicted molar refractivity (Wildman–Crippen MR) is 111 cm³/mol. The molecular weight excluding hydrogens is 394 g/mol. The number of aromatic nitrogens is 2. The van der Waals surface area contributed by atoms with Crippen LogP contribution in [0.25, 0.3) is 10.6 Å². The van der Waals surface area contributed by atoms with E-state index in [1.807, 2.05) is 31.2 Å². The van der Waals surface area contributed by atoms with Crippen LogP contribution in [-0.4, -0.2) is 47.3 Å². The molecule has 156 valence electrons. The number of aryl methyl sites for hydroxylation is 1. The first-order valence-corrected chi connectivity index (χ1v) is 10.0. The molecule has 9 nitrogen and oxygen atoms in total. The zero-order valence-electron chi connectivity index (χ0n) is 16.8. The zero-order valence-corrected chi connectivity index (χ0v) is 17.6. The first-order chi connectivity index (χ1) is 13.8. The highest BCUT2D eigenvalue weighted by atomic mass is 32.1. The van der Waals surface area contributed by atoms with Crippen LogP contribution in [-0.2, 0) is 14.3 Å². The summed E-state index contributed by atoms with van der Waals surface area (Å²) in [6, 6.07) is 6.37. The summed E-state index contributed by atoms with van der Waals surface area (Å²) in [6.07, 6.45) is 0. The summed E-state index contributed by atoms with van der Waals surface area (Å²) in [6.45, 7) is 7.21. The number of carbonyl (C=O) groups is 3. The number of rotatable bonds is 8. The van der Waals surface area contributed by atoms with Crippen molar-refractivity contribution in [1.82, 2.24) is 20.8 Å². The molecular formula is C19H25N5O4S. The Labute approximate surface area is 173 Å². The van der Waals surface area contributed by atoms with E-state index >= 15 is 0 Å². The Morgan fingerprint density at radius 1 is 1.21 bits per heavy atom. The Kier molecular flexibility index (Phi) is 8.08. The molecule has 10 heteroatoms. The molecule has 0 aliphatic rings. The third kappa shape index (κ3) is 6.83. The summed E-state index contributed by atoms with van der Waals surface area (Å²) in [5, 5.41) is 16.8. The number of nitrogens with one attached hydrogen (secondary N) is 3. The minimum absolute atomic E-state index is 0.187. The lowest BCUT2D eigenvalue weighted by Crippen LogP contribution is -2.51. The van der Waals surface area contributed by atoms with Crippen molar-refractivity contribution in [3.8, 4) is 10.6 Å². The molecule has 0 aliphatic heterocycles. The molecule has 0 bridgehead atoms. The molecule has 1 atom stereocenters. The number of benzene rings is 1. The van der Waals surface area contributed by atoms with Gasteiger partial charge in [0.15, 0.2) is 0 Å². The third-order valence-electron chi connectivity index (χ3n) is 3.85. The molecule has 0 saturated heterocycles. The normalized spacial score (nSPS) is 11.6. The van der Waals surface area contributed by atoms with E-state index in [0.29, 0.717) is 10.1 Å². The number of carbonyl (C=O) groups excluding carboxylic acids is 3. The fraction of sp³-hybridized carbons (Fsp3) is 0.421. The van der Waals surface area contributed by atoms with Crippen LogP contribution < -0.4 is 16.0 Å². The van der Waals surface area contributed by atoms with Crippen LogP contribution in [0.4, 0.5) is 9.93 Å². The van der Waals surface area contributed by atoms with Gasteiger partial charge in [-0.25, -0.2) is 4.79 Å². The first kappa shape index (κ1) is 22.3. The van der Waals surface area contributed by atoms with Gasteiger partial charge in [-0.05, 0) is 25.8 Å². The second-order valence-electron chi connectivity index (χ2n) is 6.62. The van der Waals surface area contributed by atoms with Crippen LogP contribution in [0.1, 0.15) is 26.3 Å². The predicted octanol–water partition coefficient (Wildman–Crippen LogP) is 2.34. The minimum Gasteiger partial charge on any atom is -0.465 e. The van der Waals surface area contributed by atoms with E-state index in [2.05, 4.69) is 26.1 Å². The van der Waals surface area contributed by atoms with Crippen LogP contribution >= 0.6 is 11.3 Å². The Hall–Kier alpha value is -3.01. The lowest BCUT2D eigenvalue weighted by Gasteiger charge is -2.21. The van der Waals surface area contributed by atoms with Crippen molar-refractivity contribution in [2.75, 3.05) is 18.5 Å². The second-order valence-corrected chi connectivity index (χ2v) is 7.60. The van der Waals surface area contributed by atoms with E-state index in [-0.39, 0.29) is 19.1 Å². The molecule has 0 spiro atoms. The van der Waals surface area contributed by atoms with Gasteiger partial charge in [0.25, 0.3) is 0 Å². The van der Waals surface area contributed by atoms with E-state index < -0.39 is 23.9 Å². The van der Waals surface area contributed by atoms with Crippen LogP contribution in [0.3, 0.4) is 0 Å². The topological polar surface area (TPSA) is 122 Å². The van der Waals surface area contributed by atoms with Gasteiger partial charge in [0.1, 0.15) is 17.6 Å². The molecule has 1 aromatic heterocycles. The summed E-state index contributed by atoms with van der Waals surface area (Å²) in [4.78, 5) is 36.0. The number of esters is 1. The smallest absolute Gasteiger partial charge is 0.325 e. The molecule has 2 aromatic rings. The molecule has 3 N–H and O–H groups in total. The fourth-order valence-electron chi connectivity index (χ4n) is 2.44. The lowest BCUT2D eigenvalue weighted by atomic mass is 10.0. The maximum absolute atomic E-state index is 12.6. The molecule has 0 fully saturated rings. The van der Waals surface area contributed by atoms with Crippen molar-refractivity contribution >= 4 is 34.4 Å². The Bertz CT molecular complexity index is 868. The van der Waals surface area contributed by atoms with Crippen LogP contribution in [0, 0.1) is 12.8 Å². The average molecular weight is 420 g/mol. The second kappa shape index (κ2) is 10.5. The lowest BCUT2D eigenvalue weighted by molar-refractivity contribution is -0.141. The molecule has 2 rings (SSSR count). The number of nitrogens with zero attached hydrogens (tertiary/aromatic N) is 2. The number of ether oxygens (including phenoxy) is 1. The highest BCUT2D eigenvalue weighted by Gasteiger charge is 2.25. The number of hydrogen-bond acceptors (Lipinski definition) is 7. The molecule has 1 heterocycles. The Balaban J connectivity index is 1.97. The van der Waals surface area contributed by atoms with Gasteiger partial charge in [0, 0.05) is 5.56 Å². The SMILES string of the molecule is CCOC(=O)CNC(=O)NC(C(=O)Nc1nnc(-c2cccc(C)c2)s1)C(C)C. The highest BCUT2D eigenvalue weighted by molar-refractivity contribution is 7.18. The van der Waals surface area contributed by atoms with Crippen molar-refractivity contribution in [2.24, 2.45) is 5.92 Å². The fourth-order valence-corrected chi connectivity index (χ4v) is 3.19. The van der Waals surface area contributed by atoms with Crippen molar-refractivity contribution in [3.05, 3.63) is 29.8 Å². The molecule has 1 aromatic carbocycles. The monoisotopic (exact) mass is 419 g/mol. The summed E-state index contributed by atoms with van der Waals surface area (Å²) in [5.41, 5.74) is 2.01. The summed E-state index contributed by atoms with van der Waals surface area (Å²) >= 11 is 1.25. The van der Waals surface area contributed by atoms with E-state index in [9.17, 15) is 14.4 Å². The molecule has 3 amide bonds. The first-order valence-electron chi connectivity index (χ1n) is 9.21. The van der Waals surface area contributed by atoms with Gasteiger partial charge in [-0.3, -0.25) is 14.9 Å². The average Bonchev–Trinajstić information content (AvgIpc) is 3.13. The summed E-state index contributed by atoms with van der Waals surface area (Å²) in [5.74, 6) is -1.16. The van der Waals surface area contributed by atoms with Gasteiger partial charge < -0.3 is 15.4 Å². The van der Waals surface area contributed by atoms with Crippen molar-refractivity contribution in [2.45, 2.75) is 33.7 Å². The number of urea groups is 1. The van der Waals surface area contributed by atoms with Gasteiger partial charge in [-0.2, -0.15) is 0 Å². The standard InChI is InChI=1S/C19H25N5O4S/c1-5-28-14(25)10-20-18(27)21-15(11(2)3)16(26)22-19-24-23-17(29-19)13-8-6-7-12(4)9-13/h6-9,11,15H,5,10H2,1-4H3,(H2,20,21,27)(H,22,24,26).